The number of nitrogens with zero attached hydrogens (tertiary/aromatic N) is 2. The van der Waals surface area contributed by atoms with Gasteiger partial charge >= 0.3 is 0 Å². The van der Waals surface area contributed by atoms with Crippen LogP contribution in [0.5, 0.6) is 11.5 Å². The number of hydrogen-bond donors (Lipinski definition) is 2. The highest BCUT2D eigenvalue weighted by molar-refractivity contribution is 6.46. The summed E-state index contributed by atoms with van der Waals surface area (Å²) in [4.78, 5) is 31.7. The number of benzene rings is 2. The maximum Gasteiger partial charge on any atom is 0.295 e. The molecule has 0 aliphatic carbocycles. The number of aromatic hydroxyl groups is 1. The first-order valence-electron chi connectivity index (χ1n) is 10.8. The third-order valence-electron chi connectivity index (χ3n) is 6.03. The Balaban J connectivity index is 1.63. The van der Waals surface area contributed by atoms with Gasteiger partial charge in [0.05, 0.1) is 18.2 Å². The molecule has 2 N–H and O–H groups in total. The van der Waals surface area contributed by atoms with Gasteiger partial charge in [-0.3, -0.25) is 14.6 Å². The van der Waals surface area contributed by atoms with Crippen molar-refractivity contribution >= 4 is 17.4 Å². The average Bonchev–Trinajstić information content (AvgIpc) is 3.09. The molecule has 1 saturated heterocycles. The molecule has 0 radical (unpaired) electrons. The lowest BCUT2D eigenvalue weighted by Gasteiger charge is -2.25. The average molecular weight is 442 g/mol. The molecule has 33 heavy (non-hydrogen) atoms. The highest BCUT2D eigenvalue weighted by atomic mass is 16.5. The van der Waals surface area contributed by atoms with Crippen LogP contribution in [0.2, 0.25) is 0 Å². The van der Waals surface area contributed by atoms with E-state index in [4.69, 9.17) is 4.74 Å². The highest BCUT2D eigenvalue weighted by Crippen LogP contribution is 2.41. The van der Waals surface area contributed by atoms with Crippen molar-refractivity contribution in [2.75, 3.05) is 6.61 Å². The number of amides is 1. The summed E-state index contributed by atoms with van der Waals surface area (Å²) in [5, 5.41) is 21.0. The minimum atomic E-state index is -0.800. The second-order valence-corrected chi connectivity index (χ2v) is 8.15. The Morgan fingerprint density at radius 1 is 1.06 bits per heavy atom. The number of phenolic OH excluding ortho intramolecular Hbond substituents is 1. The second-order valence-electron chi connectivity index (χ2n) is 8.15. The second kappa shape index (κ2) is 8.43. The number of fused-ring (bicyclic) bond motifs is 1. The van der Waals surface area contributed by atoms with Gasteiger partial charge in [0.1, 0.15) is 17.3 Å². The fourth-order valence-electron chi connectivity index (χ4n) is 4.39. The van der Waals surface area contributed by atoms with Gasteiger partial charge in [-0.05, 0) is 72.0 Å². The van der Waals surface area contributed by atoms with Crippen molar-refractivity contribution in [3.63, 3.8) is 0 Å². The highest BCUT2D eigenvalue weighted by Gasteiger charge is 2.46. The lowest BCUT2D eigenvalue weighted by Crippen LogP contribution is -2.29. The zero-order chi connectivity index (χ0) is 22.9. The standard InChI is InChI=1S/C26H22N2O5/c29-20-6-3-17(4-7-20)23-22(24(30)19-5-8-21-18(14-19)2-1-13-33-21)25(31)26(32)28(23)15-16-9-11-27-12-10-16/h3-12,14,23,29-30H,1-2,13,15H2/b24-22-. The monoisotopic (exact) mass is 442 g/mol. The summed E-state index contributed by atoms with van der Waals surface area (Å²) in [7, 11) is 0. The van der Waals surface area contributed by atoms with Crippen molar-refractivity contribution in [3.8, 4) is 11.5 Å². The molecule has 1 unspecified atom stereocenters. The number of aliphatic hydroxyl groups excluding tert-OH is 1. The number of aliphatic hydroxyl groups is 1. The fourth-order valence-corrected chi connectivity index (χ4v) is 4.39. The van der Waals surface area contributed by atoms with Gasteiger partial charge in [-0.25, -0.2) is 0 Å². The molecule has 166 valence electrons. The van der Waals surface area contributed by atoms with Crippen LogP contribution in [-0.2, 0) is 22.6 Å². The molecule has 5 rings (SSSR count). The van der Waals surface area contributed by atoms with Crippen LogP contribution >= 0.6 is 0 Å². The number of ketones is 1. The minimum Gasteiger partial charge on any atom is -0.508 e. The van der Waals surface area contributed by atoms with E-state index in [1.165, 1.54) is 17.0 Å². The molecule has 2 aliphatic heterocycles. The third kappa shape index (κ3) is 3.82. The van der Waals surface area contributed by atoms with Gasteiger partial charge in [0.2, 0.25) is 0 Å². The number of pyridine rings is 1. The zero-order valence-corrected chi connectivity index (χ0v) is 17.8. The Labute approximate surface area is 190 Å². The Bertz CT molecular complexity index is 1250. The maximum absolute atomic E-state index is 13.2. The smallest absolute Gasteiger partial charge is 0.295 e. The summed E-state index contributed by atoms with van der Waals surface area (Å²) < 4.78 is 5.65. The fraction of sp³-hybridized carbons (Fsp3) is 0.192. The van der Waals surface area contributed by atoms with E-state index in [1.54, 1.807) is 48.8 Å². The first kappa shape index (κ1) is 20.8. The van der Waals surface area contributed by atoms with Crippen LogP contribution < -0.4 is 4.74 Å². The van der Waals surface area contributed by atoms with Crippen LogP contribution in [0.15, 0.2) is 72.6 Å². The van der Waals surface area contributed by atoms with Crippen LogP contribution in [0.3, 0.4) is 0 Å². The summed E-state index contributed by atoms with van der Waals surface area (Å²) in [6, 6.07) is 14.3. The molecule has 7 nitrogen and oxygen atoms in total. The maximum atomic E-state index is 13.2. The molecule has 0 bridgehead atoms. The minimum absolute atomic E-state index is 0.0245. The summed E-state index contributed by atoms with van der Waals surface area (Å²) in [5.74, 6) is -0.816. The number of carbonyl (C=O) groups is 2. The molecule has 3 heterocycles. The molecular weight excluding hydrogens is 420 g/mol. The number of carbonyl (C=O) groups excluding carboxylic acids is 2. The third-order valence-corrected chi connectivity index (χ3v) is 6.03. The number of aromatic nitrogens is 1. The first-order valence-corrected chi connectivity index (χ1v) is 10.8. The molecule has 2 aliphatic rings. The SMILES string of the molecule is O=C1C(=O)N(Cc2ccncc2)C(c2ccc(O)cc2)/C1=C(/O)c1ccc2c(c1)CCCO2. The number of likely N-dealkylation sites (tertiary alicyclic amines) is 1. The lowest BCUT2D eigenvalue weighted by molar-refractivity contribution is -0.140. The van der Waals surface area contributed by atoms with Crippen LogP contribution in [0.1, 0.15) is 34.7 Å². The van der Waals surface area contributed by atoms with E-state index in [9.17, 15) is 19.8 Å². The molecule has 1 atom stereocenters. The predicted molar refractivity (Wildman–Crippen MR) is 120 cm³/mol. The number of Topliss-reactive ketones (excluding diaryl/α,β-unsaturated/α-hetero) is 1. The summed E-state index contributed by atoms with van der Waals surface area (Å²) >= 11 is 0. The van der Waals surface area contributed by atoms with E-state index in [0.717, 1.165) is 29.7 Å². The Hall–Kier alpha value is -4.13. The van der Waals surface area contributed by atoms with Crippen LogP contribution in [-0.4, -0.2) is 38.4 Å². The number of aryl methyl sites for hydroxylation is 1. The van der Waals surface area contributed by atoms with Gasteiger partial charge in [-0.2, -0.15) is 0 Å². The molecule has 1 amide bonds. The molecular formula is C26H22N2O5. The molecule has 7 heteroatoms. The number of hydrogen-bond acceptors (Lipinski definition) is 6. The van der Waals surface area contributed by atoms with E-state index < -0.39 is 17.7 Å². The van der Waals surface area contributed by atoms with Gasteiger partial charge in [-0.15, -0.1) is 0 Å². The Morgan fingerprint density at radius 2 is 1.82 bits per heavy atom. The van der Waals surface area contributed by atoms with Crippen molar-refractivity contribution < 1.29 is 24.5 Å². The first-order chi connectivity index (χ1) is 16.0. The molecule has 2 aromatic carbocycles. The molecule has 1 aromatic heterocycles. The van der Waals surface area contributed by atoms with Crippen molar-refractivity contribution in [1.82, 2.24) is 9.88 Å². The van der Waals surface area contributed by atoms with Gasteiger partial charge in [0.25, 0.3) is 11.7 Å². The van der Waals surface area contributed by atoms with Crippen molar-refractivity contribution in [2.24, 2.45) is 0 Å². The van der Waals surface area contributed by atoms with Gasteiger partial charge in [-0.1, -0.05) is 12.1 Å². The summed E-state index contributed by atoms with van der Waals surface area (Å²) in [6.45, 7) is 0.826. The van der Waals surface area contributed by atoms with Gasteiger partial charge in [0.15, 0.2) is 0 Å². The predicted octanol–water partition coefficient (Wildman–Crippen LogP) is 3.73. The van der Waals surface area contributed by atoms with E-state index in [-0.39, 0.29) is 23.6 Å². The van der Waals surface area contributed by atoms with Crippen LogP contribution in [0.25, 0.3) is 5.76 Å². The van der Waals surface area contributed by atoms with E-state index in [1.807, 2.05) is 6.07 Å². The summed E-state index contributed by atoms with van der Waals surface area (Å²) in [6.07, 6.45) is 4.93. The molecule has 1 fully saturated rings. The lowest BCUT2D eigenvalue weighted by atomic mass is 9.94. The van der Waals surface area contributed by atoms with Gasteiger partial charge in [0, 0.05) is 24.5 Å². The Kier molecular flexibility index (Phi) is 5.30. The van der Waals surface area contributed by atoms with Gasteiger partial charge < -0.3 is 19.8 Å². The van der Waals surface area contributed by atoms with Crippen molar-refractivity contribution in [2.45, 2.75) is 25.4 Å². The van der Waals surface area contributed by atoms with Crippen molar-refractivity contribution in [3.05, 3.63) is 94.8 Å². The number of phenols is 1. The Morgan fingerprint density at radius 3 is 2.58 bits per heavy atom. The van der Waals surface area contributed by atoms with E-state index in [0.29, 0.717) is 17.7 Å². The largest absolute Gasteiger partial charge is 0.508 e. The van der Waals surface area contributed by atoms with Crippen molar-refractivity contribution in [1.29, 1.82) is 0 Å². The molecule has 0 saturated carbocycles. The quantitative estimate of drug-likeness (QED) is 0.363. The topological polar surface area (TPSA) is 100.0 Å². The summed E-state index contributed by atoms with van der Waals surface area (Å²) in [5.41, 5.74) is 2.87. The number of ether oxygens (including phenoxy) is 1. The van der Waals surface area contributed by atoms with E-state index in [2.05, 4.69) is 4.98 Å². The normalized spacial score (nSPS) is 19.3. The molecule has 3 aromatic rings. The van der Waals surface area contributed by atoms with Crippen LogP contribution in [0, 0.1) is 0 Å². The molecule has 0 spiro atoms. The number of rotatable bonds is 4. The zero-order valence-electron chi connectivity index (χ0n) is 17.8. The van der Waals surface area contributed by atoms with E-state index >= 15 is 0 Å². The van der Waals surface area contributed by atoms with Crippen LogP contribution in [0.4, 0.5) is 0 Å².